The summed E-state index contributed by atoms with van der Waals surface area (Å²) in [6.07, 6.45) is 27.8. The fourth-order valence-corrected chi connectivity index (χ4v) is 10.4. The number of rotatable bonds is 8. The predicted octanol–water partition coefficient (Wildman–Crippen LogP) is 15.0. The summed E-state index contributed by atoms with van der Waals surface area (Å²) in [7, 11) is 0. The van der Waals surface area contributed by atoms with E-state index < -0.39 is 0 Å². The lowest BCUT2D eigenvalue weighted by molar-refractivity contribution is 0.453. The van der Waals surface area contributed by atoms with Crippen LogP contribution in [0.3, 0.4) is 0 Å². The van der Waals surface area contributed by atoms with Crippen LogP contribution in [0.25, 0.3) is 56.1 Å². The monoisotopic (exact) mass is 762 g/mol. The van der Waals surface area contributed by atoms with Crippen LogP contribution < -0.4 is 0 Å². The van der Waals surface area contributed by atoms with E-state index in [1.165, 1.54) is 66.5 Å². The first-order valence-corrected chi connectivity index (χ1v) is 21.3. The van der Waals surface area contributed by atoms with Gasteiger partial charge in [-0.15, -0.1) is 0 Å². The van der Waals surface area contributed by atoms with E-state index in [0.29, 0.717) is 0 Å². The number of fused-ring (bicyclic) bond motifs is 5. The molecule has 0 radical (unpaired) electrons. The second-order valence-corrected chi connectivity index (χ2v) is 17.0. The van der Waals surface area contributed by atoms with Gasteiger partial charge in [-0.05, 0) is 129 Å². The van der Waals surface area contributed by atoms with Crippen LogP contribution in [0.1, 0.15) is 68.7 Å². The normalized spacial score (nSPS) is 21.4. The van der Waals surface area contributed by atoms with Gasteiger partial charge in [0.1, 0.15) is 5.82 Å². The summed E-state index contributed by atoms with van der Waals surface area (Å²) in [6, 6.07) is 42.4. The lowest BCUT2D eigenvalue weighted by Crippen LogP contribution is -2.36. The van der Waals surface area contributed by atoms with Crippen molar-refractivity contribution in [2.24, 2.45) is 10.8 Å². The largest absolute Gasteiger partial charge is 0.292 e. The molecule has 2 atom stereocenters. The van der Waals surface area contributed by atoms with Crippen molar-refractivity contribution in [1.82, 2.24) is 9.55 Å². The minimum absolute atomic E-state index is 0.150. The molecule has 1 heterocycles. The van der Waals surface area contributed by atoms with E-state index >= 15 is 0 Å². The topological polar surface area (TPSA) is 17.8 Å². The van der Waals surface area contributed by atoms with E-state index in [1.54, 1.807) is 0 Å². The molecule has 4 aliphatic carbocycles. The van der Waals surface area contributed by atoms with Crippen LogP contribution in [-0.4, -0.2) is 9.55 Å². The molecule has 288 valence electrons. The van der Waals surface area contributed by atoms with Gasteiger partial charge in [-0.2, -0.15) is 0 Å². The molecule has 10 rings (SSSR count). The SMILES string of the molecule is C=C/C=C(\C=C/CC)n1c(-c2ccc(C3=CC4=C(C5(C)C=Cc6ccccc6C5)C5=CC=CCC5(C)C(c5ccc6ccccc6c5)=C4CC3)cc2)nc2ccccc21. The predicted molar refractivity (Wildman–Crippen MR) is 251 cm³/mol. The summed E-state index contributed by atoms with van der Waals surface area (Å²) < 4.78 is 2.27. The number of imidazole rings is 1. The van der Waals surface area contributed by atoms with Crippen molar-refractivity contribution in [3.63, 3.8) is 0 Å². The molecule has 5 aromatic carbocycles. The molecule has 2 heteroatoms. The third-order valence-electron chi connectivity index (χ3n) is 13.2. The first-order valence-electron chi connectivity index (χ1n) is 21.3. The van der Waals surface area contributed by atoms with E-state index in [2.05, 4.69) is 202 Å². The maximum absolute atomic E-state index is 5.18. The quantitative estimate of drug-likeness (QED) is 0.141. The zero-order chi connectivity index (χ0) is 40.1. The summed E-state index contributed by atoms with van der Waals surface area (Å²) in [6.45, 7) is 11.2. The van der Waals surface area contributed by atoms with Gasteiger partial charge in [-0.25, -0.2) is 4.98 Å². The molecule has 1 aromatic heterocycles. The Morgan fingerprint density at radius 3 is 2.42 bits per heavy atom. The molecule has 0 fully saturated rings. The lowest BCUT2D eigenvalue weighted by atomic mass is 9.54. The molecular formula is C57H50N2. The highest BCUT2D eigenvalue weighted by Crippen LogP contribution is 2.62. The number of benzene rings is 5. The van der Waals surface area contributed by atoms with Crippen molar-refractivity contribution < 1.29 is 0 Å². The Morgan fingerprint density at radius 2 is 1.58 bits per heavy atom. The third kappa shape index (κ3) is 6.21. The molecule has 6 aromatic rings. The fourth-order valence-electron chi connectivity index (χ4n) is 10.4. The first-order chi connectivity index (χ1) is 28.9. The molecule has 0 amide bonds. The van der Waals surface area contributed by atoms with Gasteiger partial charge >= 0.3 is 0 Å². The molecule has 0 bridgehead atoms. The van der Waals surface area contributed by atoms with Crippen LogP contribution in [0.4, 0.5) is 0 Å². The van der Waals surface area contributed by atoms with Crippen molar-refractivity contribution in [3.05, 3.63) is 221 Å². The van der Waals surface area contributed by atoms with E-state index in [1.807, 2.05) is 6.08 Å². The van der Waals surface area contributed by atoms with Gasteiger partial charge in [0.25, 0.3) is 0 Å². The first kappa shape index (κ1) is 36.8. The minimum atomic E-state index is -0.174. The van der Waals surface area contributed by atoms with Crippen LogP contribution >= 0.6 is 0 Å². The Balaban J connectivity index is 1.15. The minimum Gasteiger partial charge on any atom is -0.292 e. The van der Waals surface area contributed by atoms with Gasteiger partial charge in [0, 0.05) is 22.1 Å². The summed E-state index contributed by atoms with van der Waals surface area (Å²) in [5, 5.41) is 2.58. The molecule has 0 aliphatic heterocycles. The Hall–Kier alpha value is -6.51. The van der Waals surface area contributed by atoms with Crippen LogP contribution in [0.15, 0.2) is 199 Å². The summed E-state index contributed by atoms with van der Waals surface area (Å²) in [4.78, 5) is 5.18. The van der Waals surface area contributed by atoms with Crippen LogP contribution in [0, 0.1) is 10.8 Å². The van der Waals surface area contributed by atoms with E-state index in [0.717, 1.165) is 60.2 Å². The lowest BCUT2D eigenvalue weighted by Gasteiger charge is -2.49. The van der Waals surface area contributed by atoms with Crippen LogP contribution in [0.2, 0.25) is 0 Å². The Morgan fingerprint density at radius 1 is 0.814 bits per heavy atom. The zero-order valence-electron chi connectivity index (χ0n) is 34.4. The summed E-state index contributed by atoms with van der Waals surface area (Å²) in [5.74, 6) is 0.931. The number of nitrogens with zero attached hydrogens (tertiary/aromatic N) is 2. The molecule has 4 aliphatic rings. The highest BCUT2D eigenvalue weighted by molar-refractivity contribution is 5.94. The second kappa shape index (κ2) is 14.7. The van der Waals surface area contributed by atoms with Crippen LogP contribution in [-0.2, 0) is 6.42 Å². The molecule has 0 N–H and O–H groups in total. The van der Waals surface area contributed by atoms with Crippen molar-refractivity contribution in [3.8, 4) is 11.4 Å². The highest BCUT2D eigenvalue weighted by atomic mass is 15.1. The summed E-state index contributed by atoms with van der Waals surface area (Å²) >= 11 is 0. The number of allylic oxidation sites excluding steroid dienone is 16. The Kier molecular flexibility index (Phi) is 9.17. The van der Waals surface area contributed by atoms with Gasteiger partial charge in [-0.3, -0.25) is 4.57 Å². The van der Waals surface area contributed by atoms with Gasteiger partial charge in [0.05, 0.1) is 11.0 Å². The van der Waals surface area contributed by atoms with Gasteiger partial charge in [0.15, 0.2) is 0 Å². The van der Waals surface area contributed by atoms with Gasteiger partial charge < -0.3 is 0 Å². The molecule has 0 spiro atoms. The molecule has 2 unspecified atom stereocenters. The highest BCUT2D eigenvalue weighted by Gasteiger charge is 2.47. The number of aromatic nitrogens is 2. The Bertz CT molecular complexity index is 2950. The third-order valence-corrected chi connectivity index (χ3v) is 13.2. The van der Waals surface area contributed by atoms with E-state index in [9.17, 15) is 0 Å². The standard InChI is InChI=1S/C57H50N2/c1-5-7-21-47(16-6-2)59-52-24-13-12-23-51(52)58-55(59)42-28-25-41(26-29-42)44-31-32-48-49(37-44)54(56(3)35-33-40-18-9-11-20-46(40)38-56)50-22-14-15-34-57(50,4)53(48)45-30-27-39-17-8-10-19-43(39)36-45/h6-30,33,35-37H,2,5,31-32,34,38H2,1,3-4H3/b21-7-,47-16+. The van der Waals surface area contributed by atoms with E-state index in [-0.39, 0.29) is 10.8 Å². The van der Waals surface area contributed by atoms with Crippen molar-refractivity contribution >= 4 is 44.7 Å². The smallest absolute Gasteiger partial charge is 0.145 e. The van der Waals surface area contributed by atoms with Crippen molar-refractivity contribution in [2.75, 3.05) is 0 Å². The maximum Gasteiger partial charge on any atom is 0.145 e. The molecular weight excluding hydrogens is 713 g/mol. The number of para-hydroxylation sites is 2. The van der Waals surface area contributed by atoms with E-state index in [4.69, 9.17) is 4.98 Å². The molecule has 2 nitrogen and oxygen atoms in total. The molecule has 59 heavy (non-hydrogen) atoms. The zero-order valence-corrected chi connectivity index (χ0v) is 34.4. The van der Waals surface area contributed by atoms with Crippen molar-refractivity contribution in [2.45, 2.75) is 52.9 Å². The number of hydrogen-bond donors (Lipinski definition) is 0. The number of hydrogen-bond acceptors (Lipinski definition) is 1. The molecule has 0 saturated heterocycles. The van der Waals surface area contributed by atoms with Crippen molar-refractivity contribution in [1.29, 1.82) is 0 Å². The molecule has 0 saturated carbocycles. The fraction of sp³-hybridized carbons (Fsp3) is 0.175. The average Bonchev–Trinajstić information content (AvgIpc) is 3.66. The average molecular weight is 763 g/mol. The second-order valence-electron chi connectivity index (χ2n) is 17.0. The maximum atomic E-state index is 5.18. The van der Waals surface area contributed by atoms with Gasteiger partial charge in [-0.1, -0.05) is 173 Å². The Labute approximate surface area is 349 Å². The van der Waals surface area contributed by atoms with Crippen LogP contribution in [0.5, 0.6) is 0 Å². The van der Waals surface area contributed by atoms with Gasteiger partial charge in [0.2, 0.25) is 0 Å². The summed E-state index contributed by atoms with van der Waals surface area (Å²) in [5.41, 5.74) is 18.0.